The molecule has 1 amide bonds. The highest BCUT2D eigenvalue weighted by atomic mass is 35.5. The summed E-state index contributed by atoms with van der Waals surface area (Å²) < 4.78 is 1.49. The number of nitrogens with one attached hydrogen (secondary N) is 2. The van der Waals surface area contributed by atoms with Crippen LogP contribution >= 0.6 is 11.6 Å². The molecule has 0 saturated heterocycles. The molecule has 1 unspecified atom stereocenters. The van der Waals surface area contributed by atoms with Crippen molar-refractivity contribution < 1.29 is 14.7 Å². The predicted molar refractivity (Wildman–Crippen MR) is 137 cm³/mol. The van der Waals surface area contributed by atoms with E-state index in [0.717, 1.165) is 11.3 Å². The van der Waals surface area contributed by atoms with Crippen LogP contribution in [-0.4, -0.2) is 49.8 Å². The number of rotatable bonds is 10. The summed E-state index contributed by atoms with van der Waals surface area (Å²) in [6.45, 7) is 0.438. The summed E-state index contributed by atoms with van der Waals surface area (Å²) in [5.41, 5.74) is 3.40. The fourth-order valence-electron chi connectivity index (χ4n) is 3.60. The Balaban J connectivity index is 1.46. The van der Waals surface area contributed by atoms with Crippen LogP contribution in [0.25, 0.3) is 11.8 Å². The normalized spacial score (nSPS) is 11.8. The first-order valence-corrected chi connectivity index (χ1v) is 11.5. The molecule has 0 aliphatic rings. The van der Waals surface area contributed by atoms with Crippen LogP contribution in [-0.2, 0) is 11.2 Å². The third-order valence-corrected chi connectivity index (χ3v) is 5.59. The molecule has 4 rings (SSSR count). The van der Waals surface area contributed by atoms with Crippen molar-refractivity contribution in [3.05, 3.63) is 107 Å². The van der Waals surface area contributed by atoms with Crippen molar-refractivity contribution in [1.29, 1.82) is 0 Å². The Morgan fingerprint density at radius 1 is 1.06 bits per heavy atom. The van der Waals surface area contributed by atoms with E-state index in [1.807, 2.05) is 30.3 Å². The lowest BCUT2D eigenvalue weighted by Gasteiger charge is -2.19. The van der Waals surface area contributed by atoms with E-state index in [-0.39, 0.29) is 17.5 Å². The van der Waals surface area contributed by atoms with Gasteiger partial charge in [-0.15, -0.1) is 5.10 Å². The van der Waals surface area contributed by atoms with Crippen LogP contribution in [0.5, 0.6) is 0 Å². The fraction of sp³-hybridized carbons (Fsp3) is 0.115. The first-order chi connectivity index (χ1) is 17.5. The summed E-state index contributed by atoms with van der Waals surface area (Å²) >= 11 is 6.16. The molecule has 1 aromatic heterocycles. The molecule has 0 aliphatic heterocycles. The number of nitrogens with zero attached hydrogens (tertiary/aromatic N) is 4. The number of halogens is 1. The molecule has 10 heteroatoms. The fourth-order valence-corrected chi connectivity index (χ4v) is 3.78. The Morgan fingerprint density at radius 3 is 2.53 bits per heavy atom. The van der Waals surface area contributed by atoms with Crippen LogP contribution in [0.1, 0.15) is 21.5 Å². The van der Waals surface area contributed by atoms with Gasteiger partial charge < -0.3 is 15.7 Å². The van der Waals surface area contributed by atoms with Gasteiger partial charge in [-0.1, -0.05) is 41.9 Å². The van der Waals surface area contributed by atoms with E-state index in [2.05, 4.69) is 26.2 Å². The number of carbonyl (C=O) groups excluding carboxylic acids is 1. The van der Waals surface area contributed by atoms with Gasteiger partial charge in [0.05, 0.1) is 17.3 Å². The molecular weight excluding hydrogens is 480 g/mol. The largest absolute Gasteiger partial charge is 0.478 e. The maximum Gasteiger partial charge on any atom is 0.335 e. The van der Waals surface area contributed by atoms with Crippen LogP contribution < -0.4 is 10.6 Å². The lowest BCUT2D eigenvalue weighted by Crippen LogP contribution is -2.40. The number of amides is 1. The smallest absolute Gasteiger partial charge is 0.335 e. The van der Waals surface area contributed by atoms with E-state index in [0.29, 0.717) is 29.2 Å². The van der Waals surface area contributed by atoms with E-state index < -0.39 is 5.97 Å². The summed E-state index contributed by atoms with van der Waals surface area (Å²) in [6.07, 6.45) is 5.17. The summed E-state index contributed by atoms with van der Waals surface area (Å²) in [5, 5.41) is 27.1. The Hall–Kier alpha value is -4.50. The lowest BCUT2D eigenvalue weighted by atomic mass is 10.1. The van der Waals surface area contributed by atoms with Gasteiger partial charge in [-0.05, 0) is 71.0 Å². The predicted octanol–water partition coefficient (Wildman–Crippen LogP) is 3.87. The topological polar surface area (TPSA) is 122 Å². The monoisotopic (exact) mass is 502 g/mol. The zero-order valence-electron chi connectivity index (χ0n) is 19.1. The van der Waals surface area contributed by atoms with Gasteiger partial charge in [0.25, 0.3) is 0 Å². The number of aromatic nitrogens is 4. The molecule has 3 N–H and O–H groups in total. The quantitative estimate of drug-likeness (QED) is 0.281. The minimum Gasteiger partial charge on any atom is -0.478 e. The van der Waals surface area contributed by atoms with Gasteiger partial charge in [0.15, 0.2) is 0 Å². The van der Waals surface area contributed by atoms with Gasteiger partial charge in [-0.2, -0.15) is 4.68 Å². The second kappa shape index (κ2) is 11.8. The number of carboxylic acid groups (broad SMARTS) is 1. The van der Waals surface area contributed by atoms with Crippen molar-refractivity contribution in [2.75, 3.05) is 11.9 Å². The number of aromatic carboxylic acids is 1. The van der Waals surface area contributed by atoms with E-state index in [9.17, 15) is 9.59 Å². The SMILES string of the molecule is O=C(C=Cc1cc(Cl)ccc1-n1cnnn1)NC(CNc1ccc(C(=O)O)cc1)Cc1ccccc1. The highest BCUT2D eigenvalue weighted by molar-refractivity contribution is 6.30. The highest BCUT2D eigenvalue weighted by Crippen LogP contribution is 2.20. The number of anilines is 1. The van der Waals surface area contributed by atoms with Crippen LogP contribution in [0, 0.1) is 0 Å². The first kappa shape index (κ1) is 24.6. The molecule has 1 heterocycles. The standard InChI is InChI=1S/C26H23ClN6O3/c27-21-9-12-24(33-17-29-31-32-33)20(15-21)8-13-25(34)30-23(14-18-4-2-1-3-5-18)16-28-22-10-6-19(7-11-22)26(35)36/h1-13,15,17,23,28H,14,16H2,(H,30,34)(H,35,36). The van der Waals surface area contributed by atoms with Crippen molar-refractivity contribution in [1.82, 2.24) is 25.5 Å². The van der Waals surface area contributed by atoms with Crippen molar-refractivity contribution in [2.45, 2.75) is 12.5 Å². The van der Waals surface area contributed by atoms with Crippen molar-refractivity contribution in [3.8, 4) is 5.69 Å². The van der Waals surface area contributed by atoms with Gasteiger partial charge in [-0.3, -0.25) is 4.79 Å². The molecule has 4 aromatic rings. The second-order valence-corrected chi connectivity index (χ2v) is 8.39. The number of hydrogen-bond donors (Lipinski definition) is 3. The maximum atomic E-state index is 12.9. The van der Waals surface area contributed by atoms with Crippen LogP contribution in [0.2, 0.25) is 5.02 Å². The van der Waals surface area contributed by atoms with E-state index >= 15 is 0 Å². The van der Waals surface area contributed by atoms with Gasteiger partial charge in [0.2, 0.25) is 5.91 Å². The number of carboxylic acids is 1. The highest BCUT2D eigenvalue weighted by Gasteiger charge is 2.13. The molecule has 9 nitrogen and oxygen atoms in total. The number of tetrazole rings is 1. The molecule has 0 radical (unpaired) electrons. The Labute approximate surface area is 212 Å². The minimum absolute atomic E-state index is 0.210. The Kier molecular flexibility index (Phi) is 8.05. The lowest BCUT2D eigenvalue weighted by molar-refractivity contribution is -0.117. The number of hydrogen-bond acceptors (Lipinski definition) is 6. The molecule has 0 aliphatic carbocycles. The van der Waals surface area contributed by atoms with Crippen molar-refractivity contribution in [3.63, 3.8) is 0 Å². The van der Waals surface area contributed by atoms with Gasteiger partial charge in [0, 0.05) is 28.9 Å². The second-order valence-electron chi connectivity index (χ2n) is 7.95. The Bertz CT molecular complexity index is 1340. The zero-order chi connectivity index (χ0) is 25.3. The molecule has 182 valence electrons. The van der Waals surface area contributed by atoms with E-state index in [1.165, 1.54) is 29.2 Å². The summed E-state index contributed by atoms with van der Waals surface area (Å²) in [7, 11) is 0. The molecule has 3 aromatic carbocycles. The molecular formula is C26H23ClN6O3. The maximum absolute atomic E-state index is 12.9. The summed E-state index contributed by atoms with van der Waals surface area (Å²) in [5.74, 6) is -1.26. The van der Waals surface area contributed by atoms with Crippen LogP contribution in [0.15, 0.2) is 85.2 Å². The number of carbonyl (C=O) groups is 2. The van der Waals surface area contributed by atoms with Crippen molar-refractivity contribution in [2.24, 2.45) is 0 Å². The average molecular weight is 503 g/mol. The molecule has 36 heavy (non-hydrogen) atoms. The molecule has 0 bridgehead atoms. The van der Waals surface area contributed by atoms with Gasteiger partial charge in [-0.25, -0.2) is 4.79 Å². The average Bonchev–Trinajstić information content (AvgIpc) is 3.42. The van der Waals surface area contributed by atoms with Crippen LogP contribution in [0.4, 0.5) is 5.69 Å². The molecule has 0 fully saturated rings. The van der Waals surface area contributed by atoms with Crippen LogP contribution in [0.3, 0.4) is 0 Å². The first-order valence-electron chi connectivity index (χ1n) is 11.1. The summed E-state index contributed by atoms with van der Waals surface area (Å²) in [4.78, 5) is 23.9. The molecule has 0 saturated carbocycles. The van der Waals surface area contributed by atoms with Gasteiger partial charge in [0.1, 0.15) is 6.33 Å². The van der Waals surface area contributed by atoms with E-state index in [4.69, 9.17) is 16.7 Å². The van der Waals surface area contributed by atoms with Crippen molar-refractivity contribution >= 4 is 35.2 Å². The third kappa shape index (κ3) is 6.77. The summed E-state index contributed by atoms with van der Waals surface area (Å²) in [6, 6.07) is 21.3. The zero-order valence-corrected chi connectivity index (χ0v) is 19.8. The molecule has 0 spiro atoms. The number of benzene rings is 3. The minimum atomic E-state index is -0.981. The Morgan fingerprint density at radius 2 is 1.83 bits per heavy atom. The van der Waals surface area contributed by atoms with Gasteiger partial charge >= 0.3 is 5.97 Å². The third-order valence-electron chi connectivity index (χ3n) is 5.36. The molecule has 1 atom stereocenters. The van der Waals surface area contributed by atoms with E-state index in [1.54, 1.807) is 36.4 Å².